The smallest absolute Gasteiger partial charge is 0.263 e. The summed E-state index contributed by atoms with van der Waals surface area (Å²) in [5, 5.41) is 7.37. The van der Waals surface area contributed by atoms with Gasteiger partial charge in [0.1, 0.15) is 4.88 Å². The van der Waals surface area contributed by atoms with E-state index in [0.717, 1.165) is 23.5 Å². The van der Waals surface area contributed by atoms with Crippen molar-refractivity contribution < 1.29 is 4.79 Å². The Kier molecular flexibility index (Phi) is 5.28. The SMILES string of the molecule is C=CCNC(=O)c1sc(NCCC(C)C)c(C2CC2)c1N. The van der Waals surface area contributed by atoms with Gasteiger partial charge in [0.05, 0.1) is 10.7 Å². The fourth-order valence-corrected chi connectivity index (χ4v) is 3.40. The Balaban J connectivity index is 2.15. The van der Waals surface area contributed by atoms with Gasteiger partial charge >= 0.3 is 0 Å². The minimum Gasteiger partial charge on any atom is -0.397 e. The quantitative estimate of drug-likeness (QED) is 0.643. The van der Waals surface area contributed by atoms with Crippen molar-refractivity contribution in [1.29, 1.82) is 0 Å². The van der Waals surface area contributed by atoms with Gasteiger partial charge in [0.25, 0.3) is 5.91 Å². The third kappa shape index (κ3) is 4.00. The highest BCUT2D eigenvalue weighted by atomic mass is 32.1. The van der Waals surface area contributed by atoms with Crippen molar-refractivity contribution in [1.82, 2.24) is 5.32 Å². The Morgan fingerprint density at radius 3 is 2.81 bits per heavy atom. The molecule has 1 aromatic heterocycles. The molecule has 0 atom stereocenters. The standard InChI is InChI=1S/C16H25N3OS/c1-4-8-18-15(20)14-13(17)12(11-5-6-11)16(21-14)19-9-7-10(2)3/h4,10-11,19H,1,5-9,17H2,2-3H3,(H,18,20). The van der Waals surface area contributed by atoms with E-state index in [1.165, 1.54) is 24.2 Å². The van der Waals surface area contributed by atoms with E-state index in [-0.39, 0.29) is 5.91 Å². The van der Waals surface area contributed by atoms with E-state index in [9.17, 15) is 4.79 Å². The number of nitrogen functional groups attached to an aromatic ring is 1. The number of amides is 1. The van der Waals surface area contributed by atoms with Crippen LogP contribution in [0.2, 0.25) is 0 Å². The van der Waals surface area contributed by atoms with E-state index in [0.29, 0.717) is 28.9 Å². The number of hydrogen-bond acceptors (Lipinski definition) is 4. The maximum atomic E-state index is 12.2. The molecule has 1 aliphatic rings. The van der Waals surface area contributed by atoms with Crippen LogP contribution in [0.4, 0.5) is 10.7 Å². The Bertz CT molecular complexity index is 518. The maximum Gasteiger partial charge on any atom is 0.263 e. The zero-order valence-electron chi connectivity index (χ0n) is 12.9. The van der Waals surface area contributed by atoms with Crippen LogP contribution in [-0.4, -0.2) is 19.0 Å². The van der Waals surface area contributed by atoms with Gasteiger partial charge in [0.15, 0.2) is 0 Å². The second-order valence-corrected chi connectivity index (χ2v) is 6.99. The van der Waals surface area contributed by atoms with Crippen molar-refractivity contribution in [3.05, 3.63) is 23.1 Å². The van der Waals surface area contributed by atoms with Gasteiger partial charge in [-0.25, -0.2) is 0 Å². The maximum absolute atomic E-state index is 12.2. The predicted octanol–water partition coefficient (Wildman–Crippen LogP) is 3.58. The van der Waals surface area contributed by atoms with Gasteiger partial charge in [-0.1, -0.05) is 19.9 Å². The lowest BCUT2D eigenvalue weighted by Gasteiger charge is -2.08. The number of nitrogens with one attached hydrogen (secondary N) is 2. The van der Waals surface area contributed by atoms with Gasteiger partial charge in [-0.2, -0.15) is 0 Å². The number of carbonyl (C=O) groups excluding carboxylic acids is 1. The molecular formula is C16H25N3OS. The molecule has 1 heterocycles. The first-order valence-corrected chi connectivity index (χ1v) is 8.41. The number of carbonyl (C=O) groups is 1. The molecule has 1 aliphatic carbocycles. The molecule has 4 nitrogen and oxygen atoms in total. The molecule has 5 heteroatoms. The van der Waals surface area contributed by atoms with Gasteiger partial charge in [0.2, 0.25) is 0 Å². The Morgan fingerprint density at radius 2 is 2.24 bits per heavy atom. The fourth-order valence-electron chi connectivity index (χ4n) is 2.25. The number of thiophene rings is 1. The number of hydrogen-bond donors (Lipinski definition) is 3. The Morgan fingerprint density at radius 1 is 1.52 bits per heavy atom. The lowest BCUT2D eigenvalue weighted by Crippen LogP contribution is -2.23. The molecule has 0 spiro atoms. The first-order chi connectivity index (χ1) is 10.0. The van der Waals surface area contributed by atoms with Crippen LogP contribution in [-0.2, 0) is 0 Å². The first kappa shape index (κ1) is 15.9. The second-order valence-electron chi connectivity index (χ2n) is 5.97. The van der Waals surface area contributed by atoms with E-state index in [1.54, 1.807) is 6.08 Å². The van der Waals surface area contributed by atoms with Crippen molar-refractivity contribution >= 4 is 27.9 Å². The van der Waals surface area contributed by atoms with Crippen LogP contribution < -0.4 is 16.4 Å². The molecular weight excluding hydrogens is 282 g/mol. The highest BCUT2D eigenvalue weighted by Gasteiger charge is 2.32. The molecule has 1 saturated carbocycles. The molecule has 0 aliphatic heterocycles. The molecule has 0 radical (unpaired) electrons. The first-order valence-electron chi connectivity index (χ1n) is 7.59. The summed E-state index contributed by atoms with van der Waals surface area (Å²) in [6.07, 6.45) is 5.13. The van der Waals surface area contributed by atoms with Crippen molar-refractivity contribution in [2.75, 3.05) is 24.1 Å². The third-order valence-corrected chi connectivity index (χ3v) is 4.77. The molecule has 2 rings (SSSR count). The molecule has 1 aromatic rings. The third-order valence-electron chi connectivity index (χ3n) is 3.59. The number of nitrogens with two attached hydrogens (primary N) is 1. The van der Waals surface area contributed by atoms with E-state index >= 15 is 0 Å². The molecule has 0 unspecified atom stereocenters. The van der Waals surface area contributed by atoms with Crippen molar-refractivity contribution in [3.63, 3.8) is 0 Å². The summed E-state index contributed by atoms with van der Waals surface area (Å²) in [4.78, 5) is 12.8. The van der Waals surface area contributed by atoms with Crippen LogP contribution in [0, 0.1) is 5.92 Å². The number of rotatable bonds is 8. The van der Waals surface area contributed by atoms with Crippen LogP contribution in [0.25, 0.3) is 0 Å². The van der Waals surface area contributed by atoms with Crippen molar-refractivity contribution in [3.8, 4) is 0 Å². The second kappa shape index (κ2) is 6.98. The van der Waals surface area contributed by atoms with Gasteiger partial charge in [-0.3, -0.25) is 4.79 Å². The van der Waals surface area contributed by atoms with Gasteiger partial charge in [0, 0.05) is 18.7 Å². The highest BCUT2D eigenvalue weighted by molar-refractivity contribution is 7.18. The van der Waals surface area contributed by atoms with Gasteiger partial charge in [-0.05, 0) is 31.1 Å². The monoisotopic (exact) mass is 307 g/mol. The highest BCUT2D eigenvalue weighted by Crippen LogP contribution is 2.50. The molecule has 1 fully saturated rings. The average molecular weight is 307 g/mol. The summed E-state index contributed by atoms with van der Waals surface area (Å²) in [6, 6.07) is 0. The molecule has 0 aromatic carbocycles. The lowest BCUT2D eigenvalue weighted by molar-refractivity contribution is 0.0963. The molecule has 1 amide bonds. The van der Waals surface area contributed by atoms with Gasteiger partial charge in [-0.15, -0.1) is 17.9 Å². The topological polar surface area (TPSA) is 67.2 Å². The largest absolute Gasteiger partial charge is 0.397 e. The summed E-state index contributed by atoms with van der Waals surface area (Å²) in [5.41, 5.74) is 8.06. The zero-order chi connectivity index (χ0) is 15.4. The minimum atomic E-state index is -0.101. The molecule has 0 saturated heterocycles. The van der Waals surface area contributed by atoms with Crippen LogP contribution in [0.3, 0.4) is 0 Å². The van der Waals surface area contributed by atoms with Crippen LogP contribution >= 0.6 is 11.3 Å². The number of anilines is 2. The summed E-state index contributed by atoms with van der Waals surface area (Å²) < 4.78 is 0. The van der Waals surface area contributed by atoms with Crippen LogP contribution in [0.5, 0.6) is 0 Å². The predicted molar refractivity (Wildman–Crippen MR) is 91.2 cm³/mol. The summed E-state index contributed by atoms with van der Waals surface area (Å²) in [5.74, 6) is 1.09. The van der Waals surface area contributed by atoms with E-state index in [2.05, 4.69) is 31.1 Å². The Labute approximate surface area is 130 Å². The van der Waals surface area contributed by atoms with E-state index < -0.39 is 0 Å². The van der Waals surface area contributed by atoms with Gasteiger partial charge < -0.3 is 16.4 Å². The molecule has 21 heavy (non-hydrogen) atoms. The van der Waals surface area contributed by atoms with Crippen LogP contribution in [0.15, 0.2) is 12.7 Å². The average Bonchev–Trinajstić information content (AvgIpc) is 3.21. The van der Waals surface area contributed by atoms with Crippen molar-refractivity contribution in [2.45, 2.75) is 39.0 Å². The Hall–Kier alpha value is -1.49. The normalized spacial score (nSPS) is 14.2. The lowest BCUT2D eigenvalue weighted by atomic mass is 10.1. The van der Waals surface area contributed by atoms with E-state index in [4.69, 9.17) is 5.73 Å². The summed E-state index contributed by atoms with van der Waals surface area (Å²) in [6.45, 7) is 9.41. The molecule has 0 bridgehead atoms. The summed E-state index contributed by atoms with van der Waals surface area (Å²) >= 11 is 1.48. The molecule has 116 valence electrons. The fraction of sp³-hybridized carbons (Fsp3) is 0.562. The van der Waals surface area contributed by atoms with Crippen LogP contribution in [0.1, 0.15) is 54.3 Å². The van der Waals surface area contributed by atoms with Crippen molar-refractivity contribution in [2.24, 2.45) is 5.92 Å². The van der Waals surface area contributed by atoms with E-state index in [1.807, 2.05) is 0 Å². The zero-order valence-corrected chi connectivity index (χ0v) is 13.7. The summed E-state index contributed by atoms with van der Waals surface area (Å²) in [7, 11) is 0. The molecule has 4 N–H and O–H groups in total. The minimum absolute atomic E-state index is 0.101.